The molecule has 1 aromatic carbocycles. The summed E-state index contributed by atoms with van der Waals surface area (Å²) in [4.78, 5) is 4.61. The summed E-state index contributed by atoms with van der Waals surface area (Å²) in [5.41, 5.74) is 7.45. The van der Waals surface area contributed by atoms with E-state index in [1.54, 1.807) is 0 Å². The zero-order valence-electron chi connectivity index (χ0n) is 12.6. The van der Waals surface area contributed by atoms with E-state index in [-0.39, 0.29) is 0 Å². The van der Waals surface area contributed by atoms with Gasteiger partial charge >= 0.3 is 0 Å². The Morgan fingerprint density at radius 3 is 2.55 bits per heavy atom. The van der Waals surface area contributed by atoms with Gasteiger partial charge in [0.25, 0.3) is 0 Å². The van der Waals surface area contributed by atoms with E-state index in [0.717, 1.165) is 24.6 Å². The smallest absolute Gasteiger partial charge is 0.0936 e. The van der Waals surface area contributed by atoms with Crippen molar-refractivity contribution in [3.05, 3.63) is 29.8 Å². The fourth-order valence-electron chi connectivity index (χ4n) is 3.03. The Balaban J connectivity index is 1.82. The first-order chi connectivity index (χ1) is 9.56. The standard InChI is InChI=1S/C16H27N3O/c1-18(2)11-13-7-9-19(10-8-13)12-16(20)14-5-3-4-6-15(14)17/h3-6,13,16,20H,7-12,17H2,1-2H3. The van der Waals surface area contributed by atoms with Gasteiger partial charge in [-0.2, -0.15) is 0 Å². The Bertz CT molecular complexity index is 414. The maximum absolute atomic E-state index is 10.3. The molecule has 2 rings (SSSR count). The quantitative estimate of drug-likeness (QED) is 0.802. The molecule has 0 aliphatic carbocycles. The molecule has 1 aromatic rings. The minimum Gasteiger partial charge on any atom is -0.398 e. The van der Waals surface area contributed by atoms with Gasteiger partial charge < -0.3 is 20.6 Å². The average Bonchev–Trinajstić information content (AvgIpc) is 2.41. The number of likely N-dealkylation sites (tertiary alicyclic amines) is 1. The number of para-hydroxylation sites is 1. The molecule has 0 amide bonds. The van der Waals surface area contributed by atoms with Crippen LogP contribution in [-0.2, 0) is 0 Å². The molecule has 3 N–H and O–H groups in total. The third kappa shape index (κ3) is 4.20. The molecule has 1 atom stereocenters. The fraction of sp³-hybridized carbons (Fsp3) is 0.625. The summed E-state index contributed by atoms with van der Waals surface area (Å²) >= 11 is 0. The number of nitrogen functional groups attached to an aromatic ring is 1. The van der Waals surface area contributed by atoms with Crippen LogP contribution in [0.25, 0.3) is 0 Å². The molecule has 4 heteroatoms. The molecule has 112 valence electrons. The molecule has 20 heavy (non-hydrogen) atoms. The van der Waals surface area contributed by atoms with Crippen LogP contribution in [0.3, 0.4) is 0 Å². The van der Waals surface area contributed by atoms with Crippen molar-refractivity contribution < 1.29 is 5.11 Å². The fourth-order valence-corrected chi connectivity index (χ4v) is 3.03. The molecule has 1 fully saturated rings. The lowest BCUT2D eigenvalue weighted by molar-refractivity contribution is 0.0851. The Morgan fingerprint density at radius 1 is 1.30 bits per heavy atom. The van der Waals surface area contributed by atoms with Crippen LogP contribution in [0.15, 0.2) is 24.3 Å². The van der Waals surface area contributed by atoms with Gasteiger partial charge in [0, 0.05) is 24.3 Å². The average molecular weight is 277 g/mol. The second kappa shape index (κ2) is 7.07. The number of hydrogen-bond acceptors (Lipinski definition) is 4. The van der Waals surface area contributed by atoms with Crippen LogP contribution in [0.1, 0.15) is 24.5 Å². The molecule has 1 aliphatic rings. The van der Waals surface area contributed by atoms with Crippen LogP contribution in [-0.4, -0.2) is 55.2 Å². The molecule has 0 radical (unpaired) electrons. The van der Waals surface area contributed by atoms with Crippen molar-refractivity contribution in [2.45, 2.75) is 18.9 Å². The van der Waals surface area contributed by atoms with E-state index in [0.29, 0.717) is 12.2 Å². The molecule has 1 saturated heterocycles. The molecular formula is C16H27N3O. The van der Waals surface area contributed by atoms with E-state index in [9.17, 15) is 5.11 Å². The predicted molar refractivity (Wildman–Crippen MR) is 83.5 cm³/mol. The molecule has 1 heterocycles. The highest BCUT2D eigenvalue weighted by molar-refractivity contribution is 5.47. The van der Waals surface area contributed by atoms with Crippen LogP contribution in [0.4, 0.5) is 5.69 Å². The maximum Gasteiger partial charge on any atom is 0.0936 e. The van der Waals surface area contributed by atoms with E-state index in [1.165, 1.54) is 19.4 Å². The summed E-state index contributed by atoms with van der Waals surface area (Å²) < 4.78 is 0. The number of nitrogens with zero attached hydrogens (tertiary/aromatic N) is 2. The molecule has 0 saturated carbocycles. The summed E-state index contributed by atoms with van der Waals surface area (Å²) in [5, 5.41) is 10.3. The zero-order chi connectivity index (χ0) is 14.5. The van der Waals surface area contributed by atoms with Crippen LogP contribution in [0.2, 0.25) is 0 Å². The summed E-state index contributed by atoms with van der Waals surface area (Å²) in [6.07, 6.45) is 1.95. The van der Waals surface area contributed by atoms with Gasteiger partial charge in [0.2, 0.25) is 0 Å². The Labute approximate surface area is 122 Å². The normalized spacial score (nSPS) is 19.4. The monoisotopic (exact) mass is 277 g/mol. The van der Waals surface area contributed by atoms with Crippen molar-refractivity contribution in [1.82, 2.24) is 9.80 Å². The lowest BCUT2D eigenvalue weighted by Gasteiger charge is -2.34. The third-order valence-electron chi connectivity index (χ3n) is 4.12. The maximum atomic E-state index is 10.3. The summed E-state index contributed by atoms with van der Waals surface area (Å²) in [7, 11) is 4.27. The van der Waals surface area contributed by atoms with E-state index >= 15 is 0 Å². The third-order valence-corrected chi connectivity index (χ3v) is 4.12. The molecule has 0 bridgehead atoms. The Hall–Kier alpha value is -1.10. The number of β-amino-alcohol motifs (C(OH)–C–C–N with tert-alkyl or cyclic N) is 1. The lowest BCUT2D eigenvalue weighted by Crippen LogP contribution is -2.39. The zero-order valence-corrected chi connectivity index (χ0v) is 12.6. The summed E-state index contributed by atoms with van der Waals surface area (Å²) in [6, 6.07) is 7.59. The highest BCUT2D eigenvalue weighted by Gasteiger charge is 2.22. The molecular weight excluding hydrogens is 250 g/mol. The molecule has 1 aliphatic heterocycles. The number of anilines is 1. The van der Waals surface area contributed by atoms with E-state index in [2.05, 4.69) is 23.9 Å². The Morgan fingerprint density at radius 2 is 1.95 bits per heavy atom. The number of piperidine rings is 1. The van der Waals surface area contributed by atoms with Crippen LogP contribution < -0.4 is 5.73 Å². The van der Waals surface area contributed by atoms with Gasteiger partial charge in [-0.05, 0) is 52.0 Å². The van der Waals surface area contributed by atoms with Crippen molar-refractivity contribution >= 4 is 5.69 Å². The highest BCUT2D eigenvalue weighted by Crippen LogP contribution is 2.24. The molecule has 1 unspecified atom stereocenters. The van der Waals surface area contributed by atoms with Gasteiger partial charge in [0.15, 0.2) is 0 Å². The minimum atomic E-state index is -0.485. The Kier molecular flexibility index (Phi) is 5.40. The minimum absolute atomic E-state index is 0.485. The lowest BCUT2D eigenvalue weighted by atomic mass is 9.95. The van der Waals surface area contributed by atoms with Gasteiger partial charge in [0.05, 0.1) is 6.10 Å². The molecule has 0 spiro atoms. The number of aliphatic hydroxyl groups excluding tert-OH is 1. The van der Waals surface area contributed by atoms with Gasteiger partial charge in [-0.15, -0.1) is 0 Å². The van der Waals surface area contributed by atoms with Crippen molar-refractivity contribution in [3.8, 4) is 0 Å². The van der Waals surface area contributed by atoms with Crippen LogP contribution >= 0.6 is 0 Å². The topological polar surface area (TPSA) is 52.7 Å². The largest absolute Gasteiger partial charge is 0.398 e. The van der Waals surface area contributed by atoms with E-state index < -0.39 is 6.10 Å². The van der Waals surface area contributed by atoms with Crippen LogP contribution in [0.5, 0.6) is 0 Å². The van der Waals surface area contributed by atoms with E-state index in [1.807, 2.05) is 24.3 Å². The number of aliphatic hydroxyl groups is 1. The van der Waals surface area contributed by atoms with Crippen molar-refractivity contribution in [1.29, 1.82) is 0 Å². The van der Waals surface area contributed by atoms with E-state index in [4.69, 9.17) is 5.73 Å². The van der Waals surface area contributed by atoms with Gasteiger partial charge in [-0.3, -0.25) is 0 Å². The van der Waals surface area contributed by atoms with Crippen LogP contribution in [0, 0.1) is 5.92 Å². The number of hydrogen-bond donors (Lipinski definition) is 2. The number of rotatable bonds is 5. The first kappa shape index (κ1) is 15.3. The molecule has 4 nitrogen and oxygen atoms in total. The SMILES string of the molecule is CN(C)CC1CCN(CC(O)c2ccccc2N)CC1. The number of benzene rings is 1. The first-order valence-electron chi connectivity index (χ1n) is 7.46. The second-order valence-corrected chi connectivity index (χ2v) is 6.15. The van der Waals surface area contributed by atoms with Crippen molar-refractivity contribution in [2.75, 3.05) is 46.0 Å². The van der Waals surface area contributed by atoms with Gasteiger partial charge in [-0.25, -0.2) is 0 Å². The van der Waals surface area contributed by atoms with Crippen molar-refractivity contribution in [2.24, 2.45) is 5.92 Å². The van der Waals surface area contributed by atoms with Crippen molar-refractivity contribution in [3.63, 3.8) is 0 Å². The second-order valence-electron chi connectivity index (χ2n) is 6.15. The summed E-state index contributed by atoms with van der Waals surface area (Å²) in [6.45, 7) is 4.00. The highest BCUT2D eigenvalue weighted by atomic mass is 16.3. The summed E-state index contributed by atoms with van der Waals surface area (Å²) in [5.74, 6) is 0.792. The number of nitrogens with two attached hydrogens (primary N) is 1. The van der Waals surface area contributed by atoms with Gasteiger partial charge in [-0.1, -0.05) is 18.2 Å². The first-order valence-corrected chi connectivity index (χ1v) is 7.46. The predicted octanol–water partition coefficient (Wildman–Crippen LogP) is 1.58. The molecule has 0 aromatic heterocycles. The van der Waals surface area contributed by atoms with Gasteiger partial charge in [0.1, 0.15) is 0 Å².